The molecular weight excluding hydrogens is 243 g/mol. The Labute approximate surface area is 103 Å². The molecule has 1 aliphatic carbocycles. The molecule has 18 heavy (non-hydrogen) atoms. The first-order valence-electron chi connectivity index (χ1n) is 5.81. The molecule has 1 aromatic rings. The lowest BCUT2D eigenvalue weighted by molar-refractivity contribution is -0.164. The van der Waals surface area contributed by atoms with Crippen molar-refractivity contribution < 1.29 is 18.0 Å². The maximum Gasteiger partial charge on any atom is 0.404 e. The maximum atomic E-state index is 12.9. The van der Waals surface area contributed by atoms with E-state index in [1.807, 2.05) is 6.07 Å². The van der Waals surface area contributed by atoms with Crippen LogP contribution >= 0.6 is 0 Å². The number of hydrogen-bond acceptors (Lipinski definition) is 1. The molecule has 1 N–H and O–H groups in total. The Morgan fingerprint density at radius 1 is 1.39 bits per heavy atom. The lowest BCUT2D eigenvalue weighted by atomic mass is 9.95. The number of alkyl halides is 3. The van der Waals surface area contributed by atoms with Crippen molar-refractivity contribution in [2.75, 3.05) is 7.05 Å². The third kappa shape index (κ3) is 2.66. The molecule has 2 rings (SSSR count). The molecule has 1 atom stereocenters. The molecule has 0 bridgehead atoms. The molecule has 0 heterocycles. The van der Waals surface area contributed by atoms with Crippen molar-refractivity contribution in [1.29, 1.82) is 0 Å². The SMILES string of the molecule is CNC(=O)C(c1cccc(C2CC2)c1)C(F)(F)F. The van der Waals surface area contributed by atoms with E-state index in [1.54, 1.807) is 6.07 Å². The summed E-state index contributed by atoms with van der Waals surface area (Å²) in [6.07, 6.45) is -2.54. The summed E-state index contributed by atoms with van der Waals surface area (Å²) in [6.45, 7) is 0. The van der Waals surface area contributed by atoms with E-state index in [2.05, 4.69) is 5.32 Å². The van der Waals surface area contributed by atoms with Gasteiger partial charge in [0, 0.05) is 7.05 Å². The quantitative estimate of drug-likeness (QED) is 0.886. The minimum atomic E-state index is -4.57. The number of rotatable bonds is 3. The second-order valence-electron chi connectivity index (χ2n) is 4.53. The fourth-order valence-electron chi connectivity index (χ4n) is 2.04. The van der Waals surface area contributed by atoms with E-state index < -0.39 is 18.0 Å². The Balaban J connectivity index is 2.35. The molecule has 1 saturated carbocycles. The van der Waals surface area contributed by atoms with Crippen molar-refractivity contribution >= 4 is 5.91 Å². The van der Waals surface area contributed by atoms with Gasteiger partial charge in [-0.15, -0.1) is 0 Å². The van der Waals surface area contributed by atoms with Crippen LogP contribution < -0.4 is 5.32 Å². The molecule has 1 aliphatic rings. The van der Waals surface area contributed by atoms with Crippen LogP contribution in [0.4, 0.5) is 13.2 Å². The predicted octanol–water partition coefficient (Wildman–Crippen LogP) is 2.96. The third-order valence-electron chi connectivity index (χ3n) is 3.13. The number of amides is 1. The first-order chi connectivity index (χ1) is 8.43. The van der Waals surface area contributed by atoms with Gasteiger partial charge in [-0.3, -0.25) is 4.79 Å². The summed E-state index contributed by atoms with van der Waals surface area (Å²) >= 11 is 0. The lowest BCUT2D eigenvalue weighted by Crippen LogP contribution is -2.35. The van der Waals surface area contributed by atoms with Crippen LogP contribution in [0.1, 0.15) is 35.8 Å². The monoisotopic (exact) mass is 257 g/mol. The van der Waals surface area contributed by atoms with Crippen LogP contribution in [0.2, 0.25) is 0 Å². The Kier molecular flexibility index (Phi) is 3.32. The van der Waals surface area contributed by atoms with Crippen molar-refractivity contribution in [3.63, 3.8) is 0 Å². The normalized spacial score (nSPS) is 17.3. The fourth-order valence-corrected chi connectivity index (χ4v) is 2.04. The minimum Gasteiger partial charge on any atom is -0.358 e. The van der Waals surface area contributed by atoms with E-state index in [1.165, 1.54) is 19.2 Å². The zero-order chi connectivity index (χ0) is 13.3. The predicted molar refractivity (Wildman–Crippen MR) is 61.3 cm³/mol. The molecule has 98 valence electrons. The van der Waals surface area contributed by atoms with Gasteiger partial charge < -0.3 is 5.32 Å². The number of hydrogen-bond donors (Lipinski definition) is 1. The first kappa shape index (κ1) is 12.9. The smallest absolute Gasteiger partial charge is 0.358 e. The maximum absolute atomic E-state index is 12.9. The molecule has 1 aromatic carbocycles. The van der Waals surface area contributed by atoms with Crippen LogP contribution in [-0.4, -0.2) is 19.1 Å². The molecular formula is C13H14F3NO. The van der Waals surface area contributed by atoms with Gasteiger partial charge in [0.1, 0.15) is 0 Å². The molecule has 1 amide bonds. The van der Waals surface area contributed by atoms with E-state index in [0.29, 0.717) is 5.92 Å². The molecule has 0 aliphatic heterocycles. The molecule has 0 saturated heterocycles. The fraction of sp³-hybridized carbons (Fsp3) is 0.462. The number of benzene rings is 1. The van der Waals surface area contributed by atoms with Gasteiger partial charge in [0.25, 0.3) is 0 Å². The van der Waals surface area contributed by atoms with Crippen LogP contribution in [-0.2, 0) is 4.79 Å². The number of carbonyl (C=O) groups excluding carboxylic acids is 1. The van der Waals surface area contributed by atoms with Crippen molar-refractivity contribution in [1.82, 2.24) is 5.32 Å². The van der Waals surface area contributed by atoms with Gasteiger partial charge in [-0.1, -0.05) is 24.3 Å². The average Bonchev–Trinajstić information content (AvgIpc) is 3.11. The number of likely N-dealkylation sites (N-methyl/N-ethyl adjacent to an activating group) is 1. The largest absolute Gasteiger partial charge is 0.404 e. The summed E-state index contributed by atoms with van der Waals surface area (Å²) in [4.78, 5) is 11.4. The summed E-state index contributed by atoms with van der Waals surface area (Å²) in [5.74, 6) is -2.74. The Morgan fingerprint density at radius 2 is 2.06 bits per heavy atom. The third-order valence-corrected chi connectivity index (χ3v) is 3.13. The number of halogens is 3. The highest BCUT2D eigenvalue weighted by Gasteiger charge is 2.45. The van der Waals surface area contributed by atoms with Crippen molar-refractivity contribution in [2.24, 2.45) is 0 Å². The molecule has 2 nitrogen and oxygen atoms in total. The molecule has 0 aromatic heterocycles. The van der Waals surface area contributed by atoms with E-state index in [9.17, 15) is 18.0 Å². The average molecular weight is 257 g/mol. The minimum absolute atomic E-state index is 0.0197. The van der Waals surface area contributed by atoms with E-state index in [4.69, 9.17) is 0 Å². The van der Waals surface area contributed by atoms with Crippen LogP contribution in [0.3, 0.4) is 0 Å². The van der Waals surface area contributed by atoms with Crippen molar-refractivity contribution in [2.45, 2.75) is 30.9 Å². The standard InChI is InChI=1S/C13H14F3NO/c1-17-12(18)11(13(14,15)16)10-4-2-3-9(7-10)8-5-6-8/h2-4,7-8,11H,5-6H2,1H3,(H,17,18). The Morgan fingerprint density at radius 3 is 2.56 bits per heavy atom. The molecule has 0 spiro atoms. The van der Waals surface area contributed by atoms with Crippen molar-refractivity contribution in [3.8, 4) is 0 Å². The van der Waals surface area contributed by atoms with Gasteiger partial charge in [-0.05, 0) is 29.9 Å². The van der Waals surface area contributed by atoms with Gasteiger partial charge >= 0.3 is 6.18 Å². The second-order valence-corrected chi connectivity index (χ2v) is 4.53. The van der Waals surface area contributed by atoms with Crippen LogP contribution in [0, 0.1) is 0 Å². The summed E-state index contributed by atoms with van der Waals surface area (Å²) in [7, 11) is 1.21. The van der Waals surface area contributed by atoms with Crippen LogP contribution in [0.15, 0.2) is 24.3 Å². The zero-order valence-electron chi connectivity index (χ0n) is 9.92. The highest BCUT2D eigenvalue weighted by molar-refractivity contribution is 5.84. The van der Waals surface area contributed by atoms with Gasteiger partial charge in [-0.25, -0.2) is 0 Å². The molecule has 5 heteroatoms. The van der Waals surface area contributed by atoms with E-state index >= 15 is 0 Å². The molecule has 0 radical (unpaired) electrons. The lowest BCUT2D eigenvalue weighted by Gasteiger charge is -2.19. The summed E-state index contributed by atoms with van der Waals surface area (Å²) < 4.78 is 38.8. The summed E-state index contributed by atoms with van der Waals surface area (Å²) in [5, 5.41) is 2.08. The highest BCUT2D eigenvalue weighted by Crippen LogP contribution is 2.42. The molecule has 1 fully saturated rings. The van der Waals surface area contributed by atoms with Crippen LogP contribution in [0.5, 0.6) is 0 Å². The second kappa shape index (κ2) is 4.63. The van der Waals surface area contributed by atoms with Gasteiger partial charge in [-0.2, -0.15) is 13.2 Å². The topological polar surface area (TPSA) is 29.1 Å². The molecule has 1 unspecified atom stereocenters. The highest BCUT2D eigenvalue weighted by atomic mass is 19.4. The van der Waals surface area contributed by atoms with Gasteiger partial charge in [0.05, 0.1) is 0 Å². The van der Waals surface area contributed by atoms with E-state index in [0.717, 1.165) is 18.4 Å². The first-order valence-corrected chi connectivity index (χ1v) is 5.81. The van der Waals surface area contributed by atoms with Gasteiger partial charge in [0.15, 0.2) is 5.92 Å². The Bertz CT molecular complexity index is 452. The number of carbonyl (C=O) groups is 1. The number of nitrogens with one attached hydrogen (secondary N) is 1. The van der Waals surface area contributed by atoms with E-state index in [-0.39, 0.29) is 5.56 Å². The zero-order valence-corrected chi connectivity index (χ0v) is 9.92. The Hall–Kier alpha value is -1.52. The summed E-state index contributed by atoms with van der Waals surface area (Å²) in [6, 6.07) is 6.27. The van der Waals surface area contributed by atoms with Crippen LogP contribution in [0.25, 0.3) is 0 Å². The summed E-state index contributed by atoms with van der Waals surface area (Å²) in [5.41, 5.74) is 0.914. The van der Waals surface area contributed by atoms with Gasteiger partial charge in [0.2, 0.25) is 5.91 Å². The van der Waals surface area contributed by atoms with Crippen molar-refractivity contribution in [3.05, 3.63) is 35.4 Å².